The summed E-state index contributed by atoms with van der Waals surface area (Å²) in [6.07, 6.45) is 0. The molecule has 1 N–H and O–H groups in total. The molecule has 6 nitrogen and oxygen atoms in total. The molecule has 8 heteroatoms. The fraction of sp³-hybridized carbons (Fsp3) is 0.312. The number of fused-ring (bicyclic) bond motifs is 1. The number of piperazine rings is 1. The van der Waals surface area contributed by atoms with Crippen molar-refractivity contribution in [2.45, 2.75) is 6.04 Å². The molecule has 0 spiro atoms. The molecule has 0 saturated carbocycles. The number of nitrogens with zero attached hydrogens (tertiary/aromatic N) is 4. The number of pyridine rings is 1. The summed E-state index contributed by atoms with van der Waals surface area (Å²) in [5.74, 6) is 1.11. The van der Waals surface area contributed by atoms with Gasteiger partial charge in [-0.1, -0.05) is 28.9 Å². The number of halogens is 2. The van der Waals surface area contributed by atoms with Crippen molar-refractivity contribution in [3.05, 3.63) is 41.2 Å². The van der Waals surface area contributed by atoms with Crippen LogP contribution in [0.2, 0.25) is 5.02 Å². The third-order valence-electron chi connectivity index (χ3n) is 4.12. The molecule has 1 aliphatic rings. The van der Waals surface area contributed by atoms with Gasteiger partial charge < -0.3 is 9.84 Å². The maximum Gasteiger partial charge on any atom is 0.276 e. The number of hydrogen-bond acceptors (Lipinski definition) is 6. The Balaban J connectivity index is 0.00000169. The molecule has 24 heavy (non-hydrogen) atoms. The van der Waals surface area contributed by atoms with Gasteiger partial charge in [0.05, 0.1) is 11.6 Å². The van der Waals surface area contributed by atoms with E-state index in [2.05, 4.69) is 32.4 Å². The summed E-state index contributed by atoms with van der Waals surface area (Å²) in [5.41, 5.74) is 1.47. The second-order valence-corrected chi connectivity index (χ2v) is 6.13. The summed E-state index contributed by atoms with van der Waals surface area (Å²) in [7, 11) is 2.07. The fourth-order valence-corrected chi connectivity index (χ4v) is 2.94. The molecule has 0 amide bonds. The molecule has 0 bridgehead atoms. The molecule has 1 aromatic carbocycles. The Bertz CT molecular complexity index is 853. The van der Waals surface area contributed by atoms with Crippen LogP contribution in [0.1, 0.15) is 11.9 Å². The third-order valence-corrected chi connectivity index (χ3v) is 4.36. The second-order valence-electron chi connectivity index (χ2n) is 5.69. The van der Waals surface area contributed by atoms with Gasteiger partial charge in [-0.05, 0) is 25.2 Å². The highest BCUT2D eigenvalue weighted by atomic mass is 35.5. The van der Waals surface area contributed by atoms with Crippen LogP contribution in [0.25, 0.3) is 22.5 Å². The lowest BCUT2D eigenvalue weighted by Crippen LogP contribution is -2.44. The lowest BCUT2D eigenvalue weighted by atomic mass is 10.2. The first-order valence-electron chi connectivity index (χ1n) is 7.52. The number of aromatic nitrogens is 3. The van der Waals surface area contributed by atoms with Crippen LogP contribution < -0.4 is 5.32 Å². The van der Waals surface area contributed by atoms with E-state index in [1.807, 2.05) is 30.3 Å². The van der Waals surface area contributed by atoms with Gasteiger partial charge in [0, 0.05) is 30.0 Å². The van der Waals surface area contributed by atoms with E-state index in [4.69, 9.17) is 16.1 Å². The summed E-state index contributed by atoms with van der Waals surface area (Å²) < 4.78 is 5.42. The molecule has 0 radical (unpaired) electrons. The lowest BCUT2D eigenvalue weighted by Gasteiger charge is -2.30. The van der Waals surface area contributed by atoms with E-state index in [1.165, 1.54) is 0 Å². The van der Waals surface area contributed by atoms with Crippen LogP contribution in [0.4, 0.5) is 0 Å². The second kappa shape index (κ2) is 7.03. The number of rotatable bonds is 2. The third kappa shape index (κ3) is 3.23. The van der Waals surface area contributed by atoms with E-state index >= 15 is 0 Å². The van der Waals surface area contributed by atoms with Crippen molar-refractivity contribution in [1.29, 1.82) is 0 Å². The molecule has 1 saturated heterocycles. The minimum atomic E-state index is 0. The first-order valence-corrected chi connectivity index (χ1v) is 7.90. The van der Waals surface area contributed by atoms with Gasteiger partial charge in [0.15, 0.2) is 5.82 Å². The summed E-state index contributed by atoms with van der Waals surface area (Å²) in [6, 6.07) is 9.60. The van der Waals surface area contributed by atoms with Crippen molar-refractivity contribution in [3.8, 4) is 11.6 Å². The summed E-state index contributed by atoms with van der Waals surface area (Å²) in [6.45, 7) is 2.75. The highest BCUT2D eigenvalue weighted by Crippen LogP contribution is 2.24. The minimum absolute atomic E-state index is 0. The molecule has 3 heterocycles. The molecule has 3 aromatic rings. The number of benzene rings is 1. The number of likely N-dealkylation sites (N-methyl/N-ethyl adjacent to an activating group) is 1. The first kappa shape index (κ1) is 17.1. The van der Waals surface area contributed by atoms with Crippen molar-refractivity contribution in [2.75, 3.05) is 26.7 Å². The van der Waals surface area contributed by atoms with Crippen molar-refractivity contribution in [1.82, 2.24) is 25.3 Å². The molecule has 2 aromatic heterocycles. The first-order chi connectivity index (χ1) is 11.2. The average molecular weight is 366 g/mol. The highest BCUT2D eigenvalue weighted by Gasteiger charge is 2.25. The fourth-order valence-electron chi connectivity index (χ4n) is 2.78. The Morgan fingerprint density at radius 1 is 1.25 bits per heavy atom. The van der Waals surface area contributed by atoms with Crippen LogP contribution in [0.15, 0.2) is 34.9 Å². The van der Waals surface area contributed by atoms with Crippen LogP contribution in [-0.2, 0) is 0 Å². The van der Waals surface area contributed by atoms with Crippen LogP contribution in [0.3, 0.4) is 0 Å². The van der Waals surface area contributed by atoms with Crippen molar-refractivity contribution in [3.63, 3.8) is 0 Å². The zero-order valence-corrected chi connectivity index (χ0v) is 14.6. The van der Waals surface area contributed by atoms with Gasteiger partial charge in [-0.2, -0.15) is 4.98 Å². The summed E-state index contributed by atoms with van der Waals surface area (Å²) in [4.78, 5) is 11.3. The quantitative estimate of drug-likeness (QED) is 0.752. The predicted octanol–water partition coefficient (Wildman–Crippen LogP) is 2.94. The van der Waals surface area contributed by atoms with Gasteiger partial charge in [-0.25, -0.2) is 4.98 Å². The molecule has 1 aliphatic heterocycles. The van der Waals surface area contributed by atoms with Crippen LogP contribution in [0, 0.1) is 0 Å². The Labute approximate surface area is 150 Å². The normalized spacial score (nSPS) is 18.5. The van der Waals surface area contributed by atoms with Crippen LogP contribution >= 0.6 is 24.0 Å². The van der Waals surface area contributed by atoms with E-state index < -0.39 is 0 Å². The Morgan fingerprint density at radius 2 is 2.08 bits per heavy atom. The van der Waals surface area contributed by atoms with Gasteiger partial charge in [0.25, 0.3) is 5.89 Å². The van der Waals surface area contributed by atoms with Crippen LogP contribution in [0.5, 0.6) is 0 Å². The zero-order chi connectivity index (χ0) is 15.8. The minimum Gasteiger partial charge on any atom is -0.332 e. The maximum absolute atomic E-state index is 6.03. The zero-order valence-electron chi connectivity index (χ0n) is 13.1. The monoisotopic (exact) mass is 365 g/mol. The van der Waals surface area contributed by atoms with E-state index in [0.29, 0.717) is 22.4 Å². The van der Waals surface area contributed by atoms with Gasteiger partial charge in [-0.15, -0.1) is 12.4 Å². The Hall–Kier alpha value is -1.73. The van der Waals surface area contributed by atoms with Gasteiger partial charge in [0.1, 0.15) is 5.69 Å². The molecule has 1 fully saturated rings. The number of nitrogens with one attached hydrogen (secondary N) is 1. The van der Waals surface area contributed by atoms with Gasteiger partial charge in [-0.3, -0.25) is 4.90 Å². The standard InChI is InChI=1S/C16H16ClN5O.ClH/c1-22-7-6-18-9-14(22)15-20-16(23-21-15)12-5-3-10-2-4-11(17)8-13(10)19-12;/h2-5,8,14,18H,6-7,9H2,1H3;1H. The summed E-state index contributed by atoms with van der Waals surface area (Å²) in [5, 5.41) is 9.16. The Morgan fingerprint density at radius 3 is 2.92 bits per heavy atom. The average Bonchev–Trinajstić information content (AvgIpc) is 3.04. The van der Waals surface area contributed by atoms with Crippen LogP contribution in [-0.4, -0.2) is 46.7 Å². The number of hydrogen-bond donors (Lipinski definition) is 1. The topological polar surface area (TPSA) is 67.1 Å². The predicted molar refractivity (Wildman–Crippen MR) is 95.5 cm³/mol. The molecule has 0 aliphatic carbocycles. The SMILES string of the molecule is CN1CCNCC1c1noc(-c2ccc3ccc(Cl)cc3n2)n1.Cl. The molecular weight excluding hydrogens is 349 g/mol. The largest absolute Gasteiger partial charge is 0.332 e. The maximum atomic E-state index is 6.03. The molecule has 1 atom stereocenters. The van der Waals surface area contributed by atoms with E-state index in [1.54, 1.807) is 0 Å². The molecule has 4 rings (SSSR count). The molecule has 1 unspecified atom stereocenters. The van der Waals surface area contributed by atoms with E-state index in [9.17, 15) is 0 Å². The van der Waals surface area contributed by atoms with Crippen molar-refractivity contribution >= 4 is 34.9 Å². The summed E-state index contributed by atoms with van der Waals surface area (Å²) >= 11 is 6.03. The lowest BCUT2D eigenvalue weighted by molar-refractivity contribution is 0.190. The van der Waals surface area contributed by atoms with Gasteiger partial charge in [0.2, 0.25) is 0 Å². The Kier molecular flexibility index (Phi) is 5.01. The molecule has 126 valence electrons. The van der Waals surface area contributed by atoms with E-state index in [-0.39, 0.29) is 18.4 Å². The highest BCUT2D eigenvalue weighted by molar-refractivity contribution is 6.31. The van der Waals surface area contributed by atoms with Crippen molar-refractivity contribution < 1.29 is 4.52 Å². The van der Waals surface area contributed by atoms with Gasteiger partial charge >= 0.3 is 0 Å². The molecular formula is C16H17Cl2N5O. The van der Waals surface area contributed by atoms with Crippen molar-refractivity contribution in [2.24, 2.45) is 0 Å². The smallest absolute Gasteiger partial charge is 0.276 e. The van der Waals surface area contributed by atoms with E-state index in [0.717, 1.165) is 30.5 Å².